The average molecular weight is 789 g/mol. The first-order valence-electron chi connectivity index (χ1n) is 17.9. The molecule has 4 heterocycles. The van der Waals surface area contributed by atoms with Gasteiger partial charge in [-0.2, -0.15) is 0 Å². The summed E-state index contributed by atoms with van der Waals surface area (Å²) in [6.07, 6.45) is -3.53. The fourth-order valence-corrected chi connectivity index (χ4v) is 7.85. The van der Waals surface area contributed by atoms with Gasteiger partial charge < -0.3 is 62.2 Å². The van der Waals surface area contributed by atoms with Gasteiger partial charge in [0.2, 0.25) is 41.4 Å². The van der Waals surface area contributed by atoms with Gasteiger partial charge in [-0.05, 0) is 39.3 Å². The van der Waals surface area contributed by atoms with Crippen LogP contribution in [0.25, 0.3) is 10.9 Å². The molecule has 3 aliphatic rings. The number of aromatic amines is 1. The predicted molar refractivity (Wildman–Crippen MR) is 196 cm³/mol. The Kier molecular flexibility index (Phi) is 12.8. The molecular formula is C35H48N8O11S. The van der Waals surface area contributed by atoms with Crippen LogP contribution in [-0.4, -0.2) is 151 Å². The maximum Gasteiger partial charge on any atom is 0.246 e. The van der Waals surface area contributed by atoms with Gasteiger partial charge in [0.05, 0.1) is 29.4 Å². The molecule has 0 aliphatic carbocycles. The lowest BCUT2D eigenvalue weighted by molar-refractivity contribution is -0.142. The summed E-state index contributed by atoms with van der Waals surface area (Å²) in [5.74, 6) is -6.26. The molecule has 1 aromatic heterocycles. The summed E-state index contributed by atoms with van der Waals surface area (Å²) < 4.78 is 0. The van der Waals surface area contributed by atoms with Crippen molar-refractivity contribution in [1.29, 1.82) is 0 Å². The molecule has 7 amide bonds. The number of hydrogen-bond acceptors (Lipinski definition) is 12. The van der Waals surface area contributed by atoms with Gasteiger partial charge in [-0.3, -0.25) is 33.6 Å². The molecule has 1 unspecified atom stereocenters. The van der Waals surface area contributed by atoms with Crippen molar-refractivity contribution in [3.8, 4) is 0 Å². The van der Waals surface area contributed by atoms with E-state index >= 15 is 0 Å². The molecule has 5 rings (SSSR count). The minimum absolute atomic E-state index is 0.170. The summed E-state index contributed by atoms with van der Waals surface area (Å²) in [6.45, 7) is 4.02. The van der Waals surface area contributed by atoms with Gasteiger partial charge in [-0.25, -0.2) is 0 Å². The van der Waals surface area contributed by atoms with E-state index in [0.29, 0.717) is 21.5 Å². The molecule has 1 saturated heterocycles. The molecule has 1 aromatic carbocycles. The SMILES string of the molecule is CC(O)[C@H]1NC(=O)[C@H](C)NC(=O)[C@H](C[C@@](C)(O)CO)NC(=O)[C@@H]2Cc3c([nH]c4ccccc34)SC[C@H](NC1=O)C(=O)N1C[C@@H](O)C[C@H]1C(=O)N[C@@H](C)C(=O)N2. The third-order valence-electron chi connectivity index (χ3n) is 9.87. The first-order chi connectivity index (χ1) is 25.9. The van der Waals surface area contributed by atoms with E-state index in [0.717, 1.165) is 16.7 Å². The van der Waals surface area contributed by atoms with Crippen LogP contribution in [0.4, 0.5) is 0 Å². The van der Waals surface area contributed by atoms with E-state index < -0.39 is 114 Å². The molecule has 3 aliphatic heterocycles. The van der Waals surface area contributed by atoms with Crippen molar-refractivity contribution < 1.29 is 54.0 Å². The summed E-state index contributed by atoms with van der Waals surface area (Å²) >= 11 is 1.08. The summed E-state index contributed by atoms with van der Waals surface area (Å²) in [5, 5.41) is 58.1. The van der Waals surface area contributed by atoms with Crippen molar-refractivity contribution in [3.63, 3.8) is 0 Å². The van der Waals surface area contributed by atoms with Crippen LogP contribution in [0.2, 0.25) is 0 Å². The van der Waals surface area contributed by atoms with E-state index in [4.69, 9.17) is 0 Å². The Hall–Kier alpha value is -4.76. The zero-order chi connectivity index (χ0) is 40.4. The van der Waals surface area contributed by atoms with Gasteiger partial charge in [0.1, 0.15) is 42.3 Å². The van der Waals surface area contributed by atoms with Crippen LogP contribution in [0.3, 0.4) is 0 Å². The number of carbonyl (C=O) groups excluding carboxylic acids is 7. The number of aromatic nitrogens is 1. The fourth-order valence-electron chi connectivity index (χ4n) is 6.74. The Morgan fingerprint density at radius 1 is 0.855 bits per heavy atom. The molecule has 2 bridgehead atoms. The second kappa shape index (κ2) is 16.9. The molecule has 10 atom stereocenters. The van der Waals surface area contributed by atoms with Crippen molar-refractivity contribution in [2.24, 2.45) is 0 Å². The molecule has 20 heteroatoms. The Balaban J connectivity index is 1.69. The number of amides is 7. The molecule has 0 radical (unpaired) electrons. The van der Waals surface area contributed by atoms with E-state index in [9.17, 15) is 54.0 Å². The summed E-state index contributed by atoms with van der Waals surface area (Å²) in [7, 11) is 0. The average Bonchev–Trinajstić information content (AvgIpc) is 3.69. The quantitative estimate of drug-likeness (QED) is 0.143. The van der Waals surface area contributed by atoms with Crippen LogP contribution in [-0.2, 0) is 40.0 Å². The number of nitrogens with one attached hydrogen (secondary N) is 7. The first kappa shape index (κ1) is 41.4. The number of carbonyl (C=O) groups is 7. The highest BCUT2D eigenvalue weighted by molar-refractivity contribution is 7.99. The van der Waals surface area contributed by atoms with Gasteiger partial charge in [0.25, 0.3) is 0 Å². The monoisotopic (exact) mass is 788 g/mol. The lowest BCUT2D eigenvalue weighted by Gasteiger charge is -2.31. The number of fused-ring (bicyclic) bond motifs is 5. The number of benzene rings is 1. The molecule has 19 nitrogen and oxygen atoms in total. The number of aliphatic hydroxyl groups is 4. The Morgan fingerprint density at radius 3 is 2.16 bits per heavy atom. The zero-order valence-corrected chi connectivity index (χ0v) is 31.6. The van der Waals surface area contributed by atoms with Gasteiger partial charge in [0.15, 0.2) is 0 Å². The minimum atomic E-state index is -1.90. The summed E-state index contributed by atoms with van der Waals surface area (Å²) in [4.78, 5) is 101. The number of nitrogens with zero attached hydrogens (tertiary/aromatic N) is 1. The Bertz CT molecular complexity index is 1840. The molecule has 11 N–H and O–H groups in total. The molecule has 55 heavy (non-hydrogen) atoms. The van der Waals surface area contributed by atoms with E-state index in [-0.39, 0.29) is 25.1 Å². The molecule has 0 spiro atoms. The lowest BCUT2D eigenvalue weighted by atomic mass is 9.96. The number of rotatable bonds is 4. The Labute approximate surface area is 320 Å². The zero-order valence-electron chi connectivity index (χ0n) is 30.8. The predicted octanol–water partition coefficient (Wildman–Crippen LogP) is -3.75. The van der Waals surface area contributed by atoms with Gasteiger partial charge in [0, 0.05) is 42.5 Å². The fraction of sp³-hybridized carbons (Fsp3) is 0.571. The summed E-state index contributed by atoms with van der Waals surface area (Å²) in [5.41, 5.74) is -0.741. The highest BCUT2D eigenvalue weighted by Crippen LogP contribution is 2.32. The van der Waals surface area contributed by atoms with Crippen LogP contribution in [0.1, 0.15) is 46.1 Å². The molecule has 300 valence electrons. The van der Waals surface area contributed by atoms with Crippen molar-refractivity contribution in [3.05, 3.63) is 29.8 Å². The maximum atomic E-state index is 14.3. The van der Waals surface area contributed by atoms with Crippen molar-refractivity contribution in [1.82, 2.24) is 41.8 Å². The number of hydrogen-bond donors (Lipinski definition) is 11. The third kappa shape index (κ3) is 9.55. The highest BCUT2D eigenvalue weighted by atomic mass is 32.2. The normalized spacial score (nSPS) is 30.8. The van der Waals surface area contributed by atoms with E-state index in [1.54, 1.807) is 24.3 Å². The van der Waals surface area contributed by atoms with Crippen LogP contribution in [0.5, 0.6) is 0 Å². The van der Waals surface area contributed by atoms with Crippen LogP contribution in [0.15, 0.2) is 29.3 Å². The maximum absolute atomic E-state index is 14.3. The van der Waals surface area contributed by atoms with Gasteiger partial charge in [-0.15, -0.1) is 11.8 Å². The second-order valence-corrected chi connectivity index (χ2v) is 15.6. The van der Waals surface area contributed by atoms with Crippen LogP contribution in [0, 0.1) is 0 Å². The number of aliphatic hydroxyl groups excluding tert-OH is 3. The van der Waals surface area contributed by atoms with Crippen LogP contribution >= 0.6 is 11.8 Å². The number of para-hydroxylation sites is 1. The lowest BCUT2D eigenvalue weighted by Crippen LogP contribution is -2.61. The van der Waals surface area contributed by atoms with E-state index in [1.165, 1.54) is 27.7 Å². The number of H-pyrrole nitrogens is 1. The van der Waals surface area contributed by atoms with E-state index in [1.807, 2.05) is 0 Å². The highest BCUT2D eigenvalue weighted by Gasteiger charge is 2.44. The van der Waals surface area contributed by atoms with Crippen molar-refractivity contribution >= 4 is 64.0 Å². The standard InChI is InChI=1S/C35H48N8O11S/c1-15-27(47)38-22-10-20-19-7-5-6-8-21(19)41-33(20)55-13-24(34(53)43-12-18(46)9-25(43)31(51)37-15)40-32(52)26(17(3)45)42-28(48)16(2)36-30(50)23(39-29(22)49)11-35(4,54)14-44/h5-8,15-18,22-26,41,44-46,54H,9-14H2,1-4H3,(H,36,50)(H,37,51)(H,38,47)(H,39,49)(H,40,52)(H,42,48)/t15-,16-,17?,18-,22-,23-,24-,25-,26+,35+/m0/s1. The van der Waals surface area contributed by atoms with Gasteiger partial charge >= 0.3 is 0 Å². The molecule has 2 aromatic rings. The van der Waals surface area contributed by atoms with Crippen LogP contribution < -0.4 is 31.9 Å². The number of thioether (sulfide) groups is 1. The van der Waals surface area contributed by atoms with Crippen molar-refractivity contribution in [2.75, 3.05) is 18.9 Å². The topological polar surface area (TPSA) is 292 Å². The molecule has 1 fully saturated rings. The first-order valence-corrected chi connectivity index (χ1v) is 18.9. The van der Waals surface area contributed by atoms with Crippen molar-refractivity contribution in [2.45, 2.75) is 112 Å². The Morgan fingerprint density at radius 2 is 1.49 bits per heavy atom. The van der Waals surface area contributed by atoms with Gasteiger partial charge in [-0.1, -0.05) is 18.2 Å². The van der Waals surface area contributed by atoms with E-state index in [2.05, 4.69) is 36.9 Å². The largest absolute Gasteiger partial charge is 0.393 e. The smallest absolute Gasteiger partial charge is 0.246 e. The molecule has 0 saturated carbocycles. The minimum Gasteiger partial charge on any atom is -0.393 e. The second-order valence-electron chi connectivity index (χ2n) is 14.6. The summed E-state index contributed by atoms with van der Waals surface area (Å²) in [6, 6.07) is -2.86. The third-order valence-corrected chi connectivity index (χ3v) is 11.0. The molecular weight excluding hydrogens is 740 g/mol.